The molecule has 0 spiro atoms. The van der Waals surface area contributed by atoms with E-state index in [1.807, 2.05) is 12.1 Å². The van der Waals surface area contributed by atoms with Crippen LogP contribution in [0.2, 0.25) is 0 Å². The Kier molecular flexibility index (Phi) is 3.13. The van der Waals surface area contributed by atoms with Gasteiger partial charge in [-0.2, -0.15) is 0 Å². The molecule has 0 atom stereocenters. The fraction of sp³-hybridized carbons (Fsp3) is 0.462. The number of rotatable bonds is 3. The summed E-state index contributed by atoms with van der Waals surface area (Å²) in [4.78, 5) is 13.0. The average Bonchev–Trinajstić information content (AvgIpc) is 2.65. The number of ether oxygens (including phenoxy) is 1. The van der Waals surface area contributed by atoms with E-state index in [2.05, 4.69) is 26.0 Å². The molecular weight excluding hydrogens is 202 g/mol. The third kappa shape index (κ3) is 2.35. The molecule has 0 aliphatic carbocycles. The van der Waals surface area contributed by atoms with Gasteiger partial charge in [-0.3, -0.25) is 4.90 Å². The molecule has 1 amide bonds. The molecule has 1 fully saturated rings. The van der Waals surface area contributed by atoms with Crippen LogP contribution in [0.15, 0.2) is 24.3 Å². The van der Waals surface area contributed by atoms with Gasteiger partial charge < -0.3 is 4.74 Å². The number of carbonyl (C=O) groups is 1. The van der Waals surface area contributed by atoms with Crippen LogP contribution in [0.25, 0.3) is 0 Å². The summed E-state index contributed by atoms with van der Waals surface area (Å²) in [7, 11) is 0. The molecule has 0 bridgehead atoms. The Labute approximate surface area is 96.0 Å². The van der Waals surface area contributed by atoms with Gasteiger partial charge in [-0.25, -0.2) is 4.79 Å². The number of carbonyl (C=O) groups excluding carboxylic acids is 1. The first-order valence-electron chi connectivity index (χ1n) is 5.70. The molecule has 1 heterocycles. The third-order valence-electron chi connectivity index (χ3n) is 2.65. The van der Waals surface area contributed by atoms with E-state index in [0.717, 1.165) is 12.1 Å². The number of hydrogen-bond donors (Lipinski definition) is 0. The molecule has 0 radical (unpaired) electrons. The predicted octanol–water partition coefficient (Wildman–Crippen LogP) is 2.84. The third-order valence-corrected chi connectivity index (χ3v) is 2.65. The molecule has 1 saturated heterocycles. The summed E-state index contributed by atoms with van der Waals surface area (Å²) in [5, 5.41) is 0. The number of cyclic esters (lactones) is 1. The highest BCUT2D eigenvalue weighted by atomic mass is 16.6. The Bertz CT molecular complexity index is 370. The largest absolute Gasteiger partial charge is 0.447 e. The van der Waals surface area contributed by atoms with Gasteiger partial charge in [0.2, 0.25) is 0 Å². The van der Waals surface area contributed by atoms with E-state index in [9.17, 15) is 4.79 Å². The number of nitrogens with zero attached hydrogens (tertiary/aromatic N) is 1. The Morgan fingerprint density at radius 3 is 2.50 bits per heavy atom. The van der Waals surface area contributed by atoms with Crippen LogP contribution in [0, 0.1) is 5.92 Å². The molecule has 1 aromatic rings. The Hall–Kier alpha value is -1.51. The van der Waals surface area contributed by atoms with Gasteiger partial charge in [-0.1, -0.05) is 26.0 Å². The zero-order valence-electron chi connectivity index (χ0n) is 9.77. The van der Waals surface area contributed by atoms with E-state index in [1.54, 1.807) is 4.90 Å². The van der Waals surface area contributed by atoms with Gasteiger partial charge in [0.15, 0.2) is 0 Å². The van der Waals surface area contributed by atoms with Crippen molar-refractivity contribution in [3.63, 3.8) is 0 Å². The number of anilines is 1. The first kappa shape index (κ1) is 11.0. The first-order chi connectivity index (χ1) is 7.66. The lowest BCUT2D eigenvalue weighted by molar-refractivity contribution is 0.181. The maximum absolute atomic E-state index is 11.3. The van der Waals surface area contributed by atoms with Crippen LogP contribution < -0.4 is 4.90 Å². The fourth-order valence-electron chi connectivity index (χ4n) is 1.91. The van der Waals surface area contributed by atoms with Crippen molar-refractivity contribution >= 4 is 11.8 Å². The first-order valence-corrected chi connectivity index (χ1v) is 5.70. The molecule has 0 saturated carbocycles. The second-order valence-corrected chi connectivity index (χ2v) is 4.53. The van der Waals surface area contributed by atoms with Gasteiger partial charge in [0, 0.05) is 5.69 Å². The van der Waals surface area contributed by atoms with E-state index in [0.29, 0.717) is 19.1 Å². The van der Waals surface area contributed by atoms with Crippen LogP contribution >= 0.6 is 0 Å². The number of benzene rings is 1. The molecule has 16 heavy (non-hydrogen) atoms. The fourth-order valence-corrected chi connectivity index (χ4v) is 1.91. The Morgan fingerprint density at radius 1 is 1.31 bits per heavy atom. The van der Waals surface area contributed by atoms with E-state index in [4.69, 9.17) is 4.74 Å². The Morgan fingerprint density at radius 2 is 2.00 bits per heavy atom. The van der Waals surface area contributed by atoms with E-state index >= 15 is 0 Å². The van der Waals surface area contributed by atoms with Crippen molar-refractivity contribution < 1.29 is 9.53 Å². The van der Waals surface area contributed by atoms with Gasteiger partial charge in [-0.15, -0.1) is 0 Å². The topological polar surface area (TPSA) is 29.5 Å². The standard InChI is InChI=1S/C13H17NO2/c1-10(2)9-11-3-5-12(6-4-11)14-7-8-16-13(14)15/h3-6,10H,7-9H2,1-2H3. The molecule has 1 aromatic carbocycles. The second kappa shape index (κ2) is 4.56. The van der Waals surface area contributed by atoms with Crippen molar-refractivity contribution in [2.75, 3.05) is 18.1 Å². The highest BCUT2D eigenvalue weighted by molar-refractivity contribution is 5.89. The molecule has 0 aromatic heterocycles. The van der Waals surface area contributed by atoms with Crippen molar-refractivity contribution in [2.24, 2.45) is 5.92 Å². The van der Waals surface area contributed by atoms with Crippen LogP contribution in [-0.4, -0.2) is 19.2 Å². The summed E-state index contributed by atoms with van der Waals surface area (Å²) in [6, 6.07) is 8.15. The summed E-state index contributed by atoms with van der Waals surface area (Å²) in [6.45, 7) is 5.55. The highest BCUT2D eigenvalue weighted by Crippen LogP contribution is 2.20. The van der Waals surface area contributed by atoms with E-state index < -0.39 is 0 Å². The van der Waals surface area contributed by atoms with Crippen LogP contribution in [0.5, 0.6) is 0 Å². The van der Waals surface area contributed by atoms with Gasteiger partial charge in [0.1, 0.15) is 6.61 Å². The lowest BCUT2D eigenvalue weighted by Gasteiger charge is -2.13. The minimum absolute atomic E-state index is 0.239. The summed E-state index contributed by atoms with van der Waals surface area (Å²) < 4.78 is 4.90. The summed E-state index contributed by atoms with van der Waals surface area (Å²) in [6.07, 6.45) is 0.835. The van der Waals surface area contributed by atoms with Crippen LogP contribution in [0.1, 0.15) is 19.4 Å². The SMILES string of the molecule is CC(C)Cc1ccc(N2CCOC2=O)cc1. The zero-order valence-corrected chi connectivity index (χ0v) is 9.77. The van der Waals surface area contributed by atoms with Crippen LogP contribution in [0.4, 0.5) is 10.5 Å². The summed E-state index contributed by atoms with van der Waals surface area (Å²) in [5.74, 6) is 0.655. The van der Waals surface area contributed by atoms with Crippen LogP contribution in [-0.2, 0) is 11.2 Å². The smallest absolute Gasteiger partial charge is 0.414 e. The van der Waals surface area contributed by atoms with Crippen molar-refractivity contribution in [1.82, 2.24) is 0 Å². The predicted molar refractivity (Wildman–Crippen MR) is 63.7 cm³/mol. The molecule has 0 unspecified atom stereocenters. The highest BCUT2D eigenvalue weighted by Gasteiger charge is 2.23. The monoisotopic (exact) mass is 219 g/mol. The van der Waals surface area contributed by atoms with Gasteiger partial charge >= 0.3 is 6.09 Å². The van der Waals surface area contributed by atoms with Gasteiger partial charge in [-0.05, 0) is 30.0 Å². The molecule has 2 rings (SSSR count). The molecule has 0 N–H and O–H groups in total. The summed E-state index contributed by atoms with van der Waals surface area (Å²) in [5.41, 5.74) is 2.24. The van der Waals surface area contributed by atoms with E-state index in [1.165, 1.54) is 5.56 Å². The van der Waals surface area contributed by atoms with E-state index in [-0.39, 0.29) is 6.09 Å². The average molecular weight is 219 g/mol. The zero-order chi connectivity index (χ0) is 11.5. The van der Waals surface area contributed by atoms with Crippen LogP contribution in [0.3, 0.4) is 0 Å². The second-order valence-electron chi connectivity index (χ2n) is 4.53. The lowest BCUT2D eigenvalue weighted by Crippen LogP contribution is -2.23. The molecule has 86 valence electrons. The van der Waals surface area contributed by atoms with Crippen molar-refractivity contribution in [2.45, 2.75) is 20.3 Å². The van der Waals surface area contributed by atoms with Crippen molar-refractivity contribution in [1.29, 1.82) is 0 Å². The minimum atomic E-state index is -0.239. The number of hydrogen-bond acceptors (Lipinski definition) is 2. The van der Waals surface area contributed by atoms with Crippen molar-refractivity contribution in [3.05, 3.63) is 29.8 Å². The van der Waals surface area contributed by atoms with Gasteiger partial charge in [0.25, 0.3) is 0 Å². The Balaban J connectivity index is 2.09. The molecule has 1 aliphatic heterocycles. The maximum Gasteiger partial charge on any atom is 0.414 e. The maximum atomic E-state index is 11.3. The quantitative estimate of drug-likeness (QED) is 0.782. The normalized spacial score (nSPS) is 15.7. The lowest BCUT2D eigenvalue weighted by atomic mass is 10.0. The minimum Gasteiger partial charge on any atom is -0.447 e. The number of amides is 1. The molecule has 3 nitrogen and oxygen atoms in total. The van der Waals surface area contributed by atoms with Gasteiger partial charge in [0.05, 0.1) is 6.54 Å². The molecule has 1 aliphatic rings. The molecule has 3 heteroatoms. The van der Waals surface area contributed by atoms with Crippen molar-refractivity contribution in [3.8, 4) is 0 Å². The summed E-state index contributed by atoms with van der Waals surface area (Å²) >= 11 is 0. The molecular formula is C13H17NO2.